The molecule has 12 atom stereocenters. The number of hydrogen-bond acceptors (Lipinski definition) is 13. The maximum absolute atomic E-state index is 13.3. The number of unbranched alkanes of at least 4 members (excludes halogenated alkanes) is 46. The molecule has 1 amide bonds. The van der Waals surface area contributed by atoms with Gasteiger partial charge in [0.05, 0.1) is 32.0 Å². The minimum absolute atomic E-state index is 0.241. The molecule has 14 heteroatoms. The second kappa shape index (κ2) is 57.4. The van der Waals surface area contributed by atoms with Gasteiger partial charge in [0.15, 0.2) is 12.6 Å². The fourth-order valence-corrected chi connectivity index (χ4v) is 12.3. The molecule has 2 rings (SSSR count). The van der Waals surface area contributed by atoms with E-state index in [1.165, 1.54) is 270 Å². The molecule has 2 heterocycles. The Morgan fingerprint density at radius 1 is 0.407 bits per heavy atom. The molecule has 0 spiro atoms. The Hall–Kier alpha value is -1.53. The molecule has 14 nitrogen and oxygen atoms in total. The SMILES string of the molecule is CCCCCCCCCCCCCCCCCCCCC/C=C/CC/C=C/C(O)C(COC1OC(CO)C(OC2OC(CO)C(O)C(O)C2O)C(O)C1O)NC(=O)CCCCCCCCCCCCCCCCCCCCCCCCCCCCC. The highest BCUT2D eigenvalue weighted by Gasteiger charge is 2.51. The minimum atomic E-state index is -1.79. The molecule has 86 heavy (non-hydrogen) atoms. The molecule has 2 aliphatic rings. The maximum Gasteiger partial charge on any atom is 0.220 e. The van der Waals surface area contributed by atoms with E-state index in [9.17, 15) is 45.6 Å². The summed E-state index contributed by atoms with van der Waals surface area (Å²) in [6, 6.07) is -0.929. The lowest BCUT2D eigenvalue weighted by Gasteiger charge is -2.46. The van der Waals surface area contributed by atoms with Gasteiger partial charge in [-0.25, -0.2) is 0 Å². The van der Waals surface area contributed by atoms with Crippen molar-refractivity contribution in [3.8, 4) is 0 Å². The number of amides is 1. The van der Waals surface area contributed by atoms with Crippen LogP contribution in [0.5, 0.6) is 0 Å². The zero-order valence-corrected chi connectivity index (χ0v) is 55.3. The molecular weight excluding hydrogens is 1090 g/mol. The predicted octanol–water partition coefficient (Wildman–Crippen LogP) is 15.1. The van der Waals surface area contributed by atoms with E-state index in [1.54, 1.807) is 6.08 Å². The summed E-state index contributed by atoms with van der Waals surface area (Å²) in [5.41, 5.74) is 0. The number of hydrogen-bond donors (Lipinski definition) is 9. The first-order valence-electron chi connectivity index (χ1n) is 36.6. The standard InChI is InChI=1S/C72H137NO13/c1-3-5-7-9-11-13-15-17-19-21-23-25-27-29-30-32-34-36-38-40-42-44-46-48-50-52-54-56-64(77)73-60(59-83-71-69(82)67(80)70(63(58-75)85-71)86-72-68(81)66(79)65(78)62(57-74)84-72)61(76)55-53-51-49-47-45-43-41-39-37-35-33-31-28-26-24-22-20-18-16-14-12-10-8-6-4-2/h45,47,53,55,60-63,65-72,74-76,78-82H,3-44,46,48-52,54,56-59H2,1-2H3,(H,73,77)/b47-45+,55-53+. The number of allylic oxidation sites excluding steroid dienone is 3. The van der Waals surface area contributed by atoms with E-state index in [1.807, 2.05) is 6.08 Å². The average Bonchev–Trinajstić information content (AvgIpc) is 2.38. The molecule has 0 radical (unpaired) electrons. The molecule has 0 aromatic heterocycles. The Labute approximate surface area is 526 Å². The largest absolute Gasteiger partial charge is 0.394 e. The Bertz CT molecular complexity index is 1540. The molecule has 9 N–H and O–H groups in total. The normalized spacial score (nSPS) is 23.5. The van der Waals surface area contributed by atoms with E-state index in [0.717, 1.165) is 32.1 Å². The van der Waals surface area contributed by atoms with Crippen molar-refractivity contribution in [2.75, 3.05) is 19.8 Å². The van der Waals surface area contributed by atoms with Gasteiger partial charge in [-0.05, 0) is 32.1 Å². The number of rotatable bonds is 61. The Morgan fingerprint density at radius 3 is 1.14 bits per heavy atom. The lowest BCUT2D eigenvalue weighted by Crippen LogP contribution is -2.65. The van der Waals surface area contributed by atoms with Crippen LogP contribution in [-0.2, 0) is 23.7 Å². The average molecular weight is 1220 g/mol. The van der Waals surface area contributed by atoms with Crippen molar-refractivity contribution < 1.29 is 64.6 Å². The molecule has 12 unspecified atom stereocenters. The zero-order chi connectivity index (χ0) is 62.3. The maximum atomic E-state index is 13.3. The van der Waals surface area contributed by atoms with Crippen LogP contribution in [0.2, 0.25) is 0 Å². The van der Waals surface area contributed by atoms with Gasteiger partial charge in [-0.1, -0.05) is 321 Å². The first-order chi connectivity index (χ1) is 42.1. The number of carbonyl (C=O) groups excluding carboxylic acids is 1. The van der Waals surface area contributed by atoms with Crippen molar-refractivity contribution in [3.05, 3.63) is 24.3 Å². The molecule has 2 saturated heterocycles. The van der Waals surface area contributed by atoms with Gasteiger partial charge in [0.1, 0.15) is 48.8 Å². The van der Waals surface area contributed by atoms with E-state index in [-0.39, 0.29) is 18.9 Å². The van der Waals surface area contributed by atoms with Gasteiger partial charge in [0.25, 0.3) is 0 Å². The highest BCUT2D eigenvalue weighted by molar-refractivity contribution is 5.76. The van der Waals surface area contributed by atoms with Gasteiger partial charge in [0.2, 0.25) is 5.91 Å². The van der Waals surface area contributed by atoms with E-state index in [0.29, 0.717) is 12.8 Å². The number of nitrogens with one attached hydrogen (secondary N) is 1. The van der Waals surface area contributed by atoms with Crippen molar-refractivity contribution >= 4 is 5.91 Å². The topological polar surface area (TPSA) is 228 Å². The van der Waals surface area contributed by atoms with Crippen LogP contribution in [0.4, 0.5) is 0 Å². The Kier molecular flexibility index (Phi) is 53.7. The monoisotopic (exact) mass is 1220 g/mol. The first kappa shape index (κ1) is 80.6. The summed E-state index contributed by atoms with van der Waals surface area (Å²) in [5, 5.41) is 87.5. The van der Waals surface area contributed by atoms with Gasteiger partial charge < -0.3 is 65.1 Å². The van der Waals surface area contributed by atoms with Crippen molar-refractivity contribution in [1.29, 1.82) is 0 Å². The molecule has 0 aliphatic carbocycles. The zero-order valence-electron chi connectivity index (χ0n) is 55.3. The third kappa shape index (κ3) is 41.1. The summed E-state index contributed by atoms with van der Waals surface area (Å²) in [6.45, 7) is 2.84. The lowest BCUT2D eigenvalue weighted by molar-refractivity contribution is -0.359. The first-order valence-corrected chi connectivity index (χ1v) is 36.6. The van der Waals surface area contributed by atoms with E-state index < -0.39 is 86.8 Å². The van der Waals surface area contributed by atoms with Gasteiger partial charge in [-0.3, -0.25) is 4.79 Å². The lowest BCUT2D eigenvalue weighted by atomic mass is 9.97. The molecule has 0 aromatic rings. The highest BCUT2D eigenvalue weighted by atomic mass is 16.7. The highest BCUT2D eigenvalue weighted by Crippen LogP contribution is 2.30. The quantitative estimate of drug-likeness (QED) is 0.0204. The Balaban J connectivity index is 1.68. The fraction of sp³-hybridized carbons (Fsp3) is 0.931. The van der Waals surface area contributed by atoms with Crippen LogP contribution in [0.25, 0.3) is 0 Å². The summed E-state index contributed by atoms with van der Waals surface area (Å²) in [6.07, 6.45) is 55.3. The molecular formula is C72H137NO13. The van der Waals surface area contributed by atoms with Crippen LogP contribution in [0, 0.1) is 0 Å². The summed E-state index contributed by atoms with van der Waals surface area (Å²) in [5.74, 6) is -0.241. The molecule has 2 aliphatic heterocycles. The van der Waals surface area contributed by atoms with E-state index in [2.05, 4.69) is 31.3 Å². The molecule has 0 bridgehead atoms. The predicted molar refractivity (Wildman–Crippen MR) is 351 cm³/mol. The fourth-order valence-electron chi connectivity index (χ4n) is 12.3. The number of aliphatic hydroxyl groups excluding tert-OH is 8. The van der Waals surface area contributed by atoms with Crippen LogP contribution < -0.4 is 5.32 Å². The van der Waals surface area contributed by atoms with Gasteiger partial charge in [-0.15, -0.1) is 0 Å². The number of ether oxygens (including phenoxy) is 4. The summed E-state index contributed by atoms with van der Waals surface area (Å²) in [4.78, 5) is 13.3. The van der Waals surface area contributed by atoms with Crippen LogP contribution in [-0.4, -0.2) is 140 Å². The molecule has 508 valence electrons. The Morgan fingerprint density at radius 2 is 0.744 bits per heavy atom. The molecule has 0 aromatic carbocycles. The minimum Gasteiger partial charge on any atom is -0.394 e. The second-order valence-corrected chi connectivity index (χ2v) is 26.1. The third-order valence-corrected chi connectivity index (χ3v) is 18.1. The molecule has 0 saturated carbocycles. The van der Waals surface area contributed by atoms with Crippen LogP contribution in [0.3, 0.4) is 0 Å². The smallest absolute Gasteiger partial charge is 0.220 e. The van der Waals surface area contributed by atoms with Crippen LogP contribution >= 0.6 is 0 Å². The second-order valence-electron chi connectivity index (χ2n) is 26.1. The summed E-state index contributed by atoms with van der Waals surface area (Å²) >= 11 is 0. The van der Waals surface area contributed by atoms with Gasteiger partial charge in [-0.2, -0.15) is 0 Å². The van der Waals surface area contributed by atoms with Crippen LogP contribution in [0.15, 0.2) is 24.3 Å². The van der Waals surface area contributed by atoms with Crippen LogP contribution in [0.1, 0.15) is 335 Å². The summed E-state index contributed by atoms with van der Waals surface area (Å²) < 4.78 is 22.9. The van der Waals surface area contributed by atoms with Crippen molar-refractivity contribution in [2.45, 2.75) is 408 Å². The van der Waals surface area contributed by atoms with Crippen molar-refractivity contribution in [2.24, 2.45) is 0 Å². The summed E-state index contributed by atoms with van der Waals surface area (Å²) in [7, 11) is 0. The molecule has 2 fully saturated rings. The van der Waals surface area contributed by atoms with E-state index >= 15 is 0 Å². The number of carbonyl (C=O) groups is 1. The number of aliphatic hydroxyl groups is 8. The van der Waals surface area contributed by atoms with E-state index in [4.69, 9.17) is 18.9 Å². The van der Waals surface area contributed by atoms with Crippen molar-refractivity contribution in [1.82, 2.24) is 5.32 Å². The van der Waals surface area contributed by atoms with Gasteiger partial charge in [0, 0.05) is 6.42 Å². The van der Waals surface area contributed by atoms with Crippen molar-refractivity contribution in [3.63, 3.8) is 0 Å². The third-order valence-electron chi connectivity index (χ3n) is 18.1. The van der Waals surface area contributed by atoms with Gasteiger partial charge >= 0.3 is 0 Å².